The minimum Gasteiger partial charge on any atom is -0.346 e. The summed E-state index contributed by atoms with van der Waals surface area (Å²) in [5, 5.41) is 3.07. The van der Waals surface area contributed by atoms with Crippen LogP contribution in [0.5, 0.6) is 0 Å². The van der Waals surface area contributed by atoms with Crippen molar-refractivity contribution in [3.05, 3.63) is 106 Å². The van der Waals surface area contributed by atoms with Crippen LogP contribution in [0.1, 0.15) is 27.3 Å². The molecule has 0 aliphatic rings. The summed E-state index contributed by atoms with van der Waals surface area (Å²) in [4.78, 5) is 34.1. The summed E-state index contributed by atoms with van der Waals surface area (Å²) in [6, 6.07) is 15.5. The molecular formula is C23H19FN4O2. The van der Waals surface area contributed by atoms with E-state index in [0.717, 1.165) is 5.56 Å². The molecule has 30 heavy (non-hydrogen) atoms. The van der Waals surface area contributed by atoms with E-state index in [1.54, 1.807) is 29.8 Å². The first-order valence-corrected chi connectivity index (χ1v) is 9.44. The normalized spacial score (nSPS) is 10.9. The molecule has 0 radical (unpaired) electrons. The summed E-state index contributed by atoms with van der Waals surface area (Å²) in [6.07, 6.45) is 3.05. The molecule has 4 rings (SSSR count). The summed E-state index contributed by atoms with van der Waals surface area (Å²) >= 11 is 0. The molecule has 0 aliphatic carbocycles. The van der Waals surface area contributed by atoms with Crippen molar-refractivity contribution >= 4 is 16.8 Å². The Labute approximate surface area is 172 Å². The fourth-order valence-corrected chi connectivity index (χ4v) is 3.25. The smallest absolute Gasteiger partial charge is 0.260 e. The summed E-state index contributed by atoms with van der Waals surface area (Å²) in [6.45, 7) is 2.21. The predicted octanol–water partition coefficient (Wildman–Crippen LogP) is 3.22. The van der Waals surface area contributed by atoms with E-state index in [0.29, 0.717) is 34.4 Å². The molecule has 0 aliphatic heterocycles. The van der Waals surface area contributed by atoms with E-state index in [9.17, 15) is 14.0 Å². The van der Waals surface area contributed by atoms with Gasteiger partial charge < -0.3 is 9.88 Å². The maximum atomic E-state index is 13.3. The van der Waals surface area contributed by atoms with Crippen LogP contribution >= 0.6 is 0 Å². The predicted molar refractivity (Wildman–Crippen MR) is 112 cm³/mol. The number of aryl methyl sites for hydroxylation is 1. The Balaban J connectivity index is 1.63. The van der Waals surface area contributed by atoms with Gasteiger partial charge in [0.25, 0.3) is 11.5 Å². The first-order chi connectivity index (χ1) is 14.5. The Kier molecular flexibility index (Phi) is 5.34. The zero-order valence-corrected chi connectivity index (χ0v) is 16.3. The molecule has 3 aromatic heterocycles. The second kappa shape index (κ2) is 8.24. The van der Waals surface area contributed by atoms with Gasteiger partial charge in [-0.1, -0.05) is 30.3 Å². The van der Waals surface area contributed by atoms with Crippen molar-refractivity contribution in [1.82, 2.24) is 19.9 Å². The number of pyridine rings is 3. The highest BCUT2D eigenvalue weighted by molar-refractivity contribution is 5.98. The van der Waals surface area contributed by atoms with Crippen LogP contribution in [0.3, 0.4) is 0 Å². The van der Waals surface area contributed by atoms with Gasteiger partial charge in [0, 0.05) is 12.4 Å². The summed E-state index contributed by atoms with van der Waals surface area (Å²) < 4.78 is 14.9. The molecule has 4 aromatic rings. The third-order valence-electron chi connectivity index (χ3n) is 4.80. The largest absolute Gasteiger partial charge is 0.346 e. The zero-order valence-electron chi connectivity index (χ0n) is 16.3. The third kappa shape index (κ3) is 4.10. The average Bonchev–Trinajstić information content (AvgIpc) is 2.74. The first-order valence-electron chi connectivity index (χ1n) is 9.44. The van der Waals surface area contributed by atoms with Gasteiger partial charge in [-0.25, -0.2) is 4.39 Å². The van der Waals surface area contributed by atoms with E-state index in [2.05, 4.69) is 15.3 Å². The Bertz CT molecular complexity index is 1290. The number of aromatic nitrogens is 3. The summed E-state index contributed by atoms with van der Waals surface area (Å²) in [7, 11) is 0. The van der Waals surface area contributed by atoms with Crippen LogP contribution in [0.2, 0.25) is 0 Å². The lowest BCUT2D eigenvalue weighted by molar-refractivity contribution is 0.0949. The topological polar surface area (TPSA) is 76.9 Å². The van der Waals surface area contributed by atoms with Crippen LogP contribution in [-0.4, -0.2) is 20.4 Å². The van der Waals surface area contributed by atoms with Crippen molar-refractivity contribution in [2.75, 3.05) is 0 Å². The molecule has 0 bridgehead atoms. The van der Waals surface area contributed by atoms with Crippen LogP contribution < -0.4 is 10.9 Å². The number of carbonyl (C=O) groups excluding carboxylic acids is 1. The van der Waals surface area contributed by atoms with E-state index in [-0.39, 0.29) is 12.1 Å². The molecule has 0 saturated heterocycles. The number of rotatable bonds is 5. The molecule has 150 valence electrons. The number of nitrogens with zero attached hydrogens (tertiary/aromatic N) is 3. The molecule has 1 N–H and O–H groups in total. The average molecular weight is 402 g/mol. The molecule has 1 aromatic carbocycles. The minimum atomic E-state index is -0.420. The molecule has 0 unspecified atom stereocenters. The number of hydrogen-bond acceptors (Lipinski definition) is 4. The first kappa shape index (κ1) is 19.4. The molecule has 1 amide bonds. The number of amides is 1. The number of benzene rings is 1. The highest BCUT2D eigenvalue weighted by Gasteiger charge is 2.14. The van der Waals surface area contributed by atoms with Gasteiger partial charge >= 0.3 is 0 Å². The highest BCUT2D eigenvalue weighted by Crippen LogP contribution is 2.14. The van der Waals surface area contributed by atoms with Crippen molar-refractivity contribution in [2.24, 2.45) is 0 Å². The lowest BCUT2D eigenvalue weighted by atomic mass is 10.1. The van der Waals surface area contributed by atoms with Gasteiger partial charge in [0.1, 0.15) is 5.82 Å². The number of nitrogens with one attached hydrogen (secondary N) is 1. The fourth-order valence-electron chi connectivity index (χ4n) is 3.25. The van der Waals surface area contributed by atoms with E-state index in [4.69, 9.17) is 0 Å². The second-order valence-corrected chi connectivity index (χ2v) is 6.94. The highest BCUT2D eigenvalue weighted by atomic mass is 19.1. The monoisotopic (exact) mass is 402 g/mol. The molecule has 0 fully saturated rings. The summed E-state index contributed by atoms with van der Waals surface area (Å²) in [5.41, 5.74) is 2.52. The molecule has 0 spiro atoms. The Morgan fingerprint density at radius 2 is 1.93 bits per heavy atom. The van der Waals surface area contributed by atoms with Gasteiger partial charge in [0.15, 0.2) is 0 Å². The minimum absolute atomic E-state index is 0.0705. The van der Waals surface area contributed by atoms with E-state index >= 15 is 0 Å². The molecule has 6 nitrogen and oxygen atoms in total. The Hall–Kier alpha value is -3.87. The van der Waals surface area contributed by atoms with Crippen LogP contribution in [-0.2, 0) is 13.1 Å². The van der Waals surface area contributed by atoms with Gasteiger partial charge in [0.2, 0.25) is 0 Å². The van der Waals surface area contributed by atoms with Gasteiger partial charge in [0.05, 0.1) is 40.9 Å². The standard InChI is InChI=1S/C23H19FN4O2/c1-15-19(22(29)26-13-18-11-17(24)7-9-25-18)12-20-21(27-15)8-10-28(23(20)30)14-16-5-3-2-4-6-16/h2-12H,13-14H2,1H3,(H,26,29). The number of carbonyl (C=O) groups is 1. The van der Waals surface area contributed by atoms with Gasteiger partial charge in [-0.2, -0.15) is 0 Å². The van der Waals surface area contributed by atoms with Crippen LogP contribution in [0.25, 0.3) is 10.9 Å². The van der Waals surface area contributed by atoms with Gasteiger partial charge in [-0.3, -0.25) is 19.6 Å². The lowest BCUT2D eigenvalue weighted by Gasteiger charge is -2.11. The lowest BCUT2D eigenvalue weighted by Crippen LogP contribution is -2.26. The SMILES string of the molecule is Cc1nc2ccn(Cc3ccccc3)c(=O)c2cc1C(=O)NCc1cc(F)ccn1. The maximum Gasteiger partial charge on any atom is 0.260 e. The van der Waals surface area contributed by atoms with E-state index in [1.807, 2.05) is 30.3 Å². The number of fused-ring (bicyclic) bond motifs is 1. The van der Waals surface area contributed by atoms with Gasteiger partial charge in [-0.15, -0.1) is 0 Å². The third-order valence-corrected chi connectivity index (χ3v) is 4.80. The van der Waals surface area contributed by atoms with Crippen molar-refractivity contribution in [2.45, 2.75) is 20.0 Å². The number of halogens is 1. The van der Waals surface area contributed by atoms with E-state index in [1.165, 1.54) is 18.3 Å². The van der Waals surface area contributed by atoms with Crippen LogP contribution in [0.4, 0.5) is 4.39 Å². The zero-order chi connectivity index (χ0) is 21.1. The maximum absolute atomic E-state index is 13.3. The summed E-state index contributed by atoms with van der Waals surface area (Å²) in [5.74, 6) is -0.817. The second-order valence-electron chi connectivity index (χ2n) is 6.94. The molecule has 0 saturated carbocycles. The fraction of sp³-hybridized carbons (Fsp3) is 0.130. The molecular weight excluding hydrogens is 383 g/mol. The van der Waals surface area contributed by atoms with Crippen molar-refractivity contribution in [3.8, 4) is 0 Å². The molecule has 3 heterocycles. The Morgan fingerprint density at radius 3 is 2.70 bits per heavy atom. The van der Waals surface area contributed by atoms with Crippen LogP contribution in [0.15, 0.2) is 71.8 Å². The molecule has 0 atom stereocenters. The van der Waals surface area contributed by atoms with Crippen molar-refractivity contribution in [1.29, 1.82) is 0 Å². The van der Waals surface area contributed by atoms with E-state index < -0.39 is 11.7 Å². The van der Waals surface area contributed by atoms with Crippen molar-refractivity contribution < 1.29 is 9.18 Å². The van der Waals surface area contributed by atoms with Crippen LogP contribution in [0, 0.1) is 12.7 Å². The molecule has 7 heteroatoms. The quantitative estimate of drug-likeness (QED) is 0.556. The Morgan fingerprint density at radius 1 is 1.13 bits per heavy atom. The van der Waals surface area contributed by atoms with Crippen molar-refractivity contribution in [3.63, 3.8) is 0 Å². The number of hydrogen-bond donors (Lipinski definition) is 1. The van der Waals surface area contributed by atoms with Gasteiger partial charge in [-0.05, 0) is 36.8 Å².